The Morgan fingerprint density at radius 1 is 1.12 bits per heavy atom. The van der Waals surface area contributed by atoms with Crippen molar-refractivity contribution in [1.82, 2.24) is 0 Å². The van der Waals surface area contributed by atoms with Crippen LogP contribution in [0.3, 0.4) is 0 Å². The maximum Gasteiger partial charge on any atom is 0.438 e. The zero-order valence-corrected chi connectivity index (χ0v) is 16.6. The number of ether oxygens (including phenoxy) is 4. The van der Waals surface area contributed by atoms with E-state index in [1.165, 1.54) is 0 Å². The van der Waals surface area contributed by atoms with Crippen molar-refractivity contribution in [3.05, 3.63) is 0 Å². The Morgan fingerprint density at radius 3 is 2.22 bits per heavy atom. The Kier molecular flexibility index (Phi) is 5.27. The van der Waals surface area contributed by atoms with Gasteiger partial charge < -0.3 is 18.9 Å². The molecule has 2 heterocycles. The highest BCUT2D eigenvalue weighted by molar-refractivity contribution is 7.85. The molecule has 0 aromatic carbocycles. The van der Waals surface area contributed by atoms with E-state index in [0.717, 1.165) is 0 Å². The number of carbonyl (C=O) groups is 2. The van der Waals surface area contributed by atoms with Crippen molar-refractivity contribution in [2.75, 3.05) is 19.0 Å². The summed E-state index contributed by atoms with van der Waals surface area (Å²) in [6.07, 6.45) is -14.9. The molecule has 6 unspecified atom stereocenters. The molecule has 1 N–H and O–H groups in total. The third kappa shape index (κ3) is 3.74. The van der Waals surface area contributed by atoms with Gasteiger partial charge in [-0.15, -0.1) is 0 Å². The monoisotopic (exact) mass is 498 g/mol. The molecule has 32 heavy (non-hydrogen) atoms. The second-order valence-electron chi connectivity index (χ2n) is 8.24. The quantitative estimate of drug-likeness (QED) is 0.235. The van der Waals surface area contributed by atoms with E-state index in [2.05, 4.69) is 4.74 Å². The van der Waals surface area contributed by atoms with Gasteiger partial charge in [0.05, 0.1) is 31.2 Å². The van der Waals surface area contributed by atoms with Crippen molar-refractivity contribution >= 4 is 22.1 Å². The number of epoxide rings is 1. The second-order valence-corrected chi connectivity index (χ2v) is 9.69. The average Bonchev–Trinajstić information content (AvgIpc) is 3.18. The Hall–Kier alpha value is -1.65. The largest absolute Gasteiger partial charge is 0.459 e. The number of halogens is 6. The zero-order chi connectivity index (χ0) is 23.9. The number of esters is 2. The first kappa shape index (κ1) is 23.5. The van der Waals surface area contributed by atoms with Crippen molar-refractivity contribution in [3.63, 3.8) is 0 Å². The number of rotatable bonds is 7. The first-order valence-electron chi connectivity index (χ1n) is 9.31. The average molecular weight is 498 g/mol. The van der Waals surface area contributed by atoms with Crippen LogP contribution < -0.4 is 0 Å². The molecule has 4 rings (SSSR count). The SMILES string of the molecule is O=C(OC(CS(=O)(=O)O)(C(F)(F)F)C(F)(F)F)C1C2CC3C(OC(=O)C31)C2OC[C@H]1CO1. The highest BCUT2D eigenvalue weighted by atomic mass is 32.2. The Morgan fingerprint density at radius 2 is 1.72 bits per heavy atom. The molecule has 2 aliphatic carbocycles. The van der Waals surface area contributed by atoms with E-state index in [-0.39, 0.29) is 19.1 Å². The van der Waals surface area contributed by atoms with Gasteiger partial charge in [0, 0.05) is 11.8 Å². The van der Waals surface area contributed by atoms with Gasteiger partial charge in [-0.05, 0) is 6.42 Å². The summed E-state index contributed by atoms with van der Waals surface area (Å²) in [5.74, 6) is -10.8. The van der Waals surface area contributed by atoms with Crippen LogP contribution in [0.1, 0.15) is 6.42 Å². The lowest BCUT2D eigenvalue weighted by molar-refractivity contribution is -0.362. The number of fused-ring (bicyclic) bond motifs is 1. The van der Waals surface area contributed by atoms with Gasteiger partial charge >= 0.3 is 29.9 Å². The molecule has 2 saturated heterocycles. The van der Waals surface area contributed by atoms with Gasteiger partial charge in [0.1, 0.15) is 18.0 Å². The zero-order valence-electron chi connectivity index (χ0n) is 15.8. The Balaban J connectivity index is 1.65. The van der Waals surface area contributed by atoms with E-state index in [4.69, 9.17) is 18.8 Å². The van der Waals surface area contributed by atoms with Gasteiger partial charge in [-0.25, -0.2) is 0 Å². The minimum atomic E-state index is -6.45. The fourth-order valence-corrected chi connectivity index (χ4v) is 5.78. The van der Waals surface area contributed by atoms with Gasteiger partial charge in [0.2, 0.25) is 0 Å². The molecular weight excluding hydrogens is 482 g/mol. The van der Waals surface area contributed by atoms with Crippen LogP contribution in [0.4, 0.5) is 26.3 Å². The van der Waals surface area contributed by atoms with Gasteiger partial charge in [0.25, 0.3) is 10.1 Å². The molecule has 4 fully saturated rings. The van der Waals surface area contributed by atoms with Gasteiger partial charge in [0.15, 0.2) is 0 Å². The van der Waals surface area contributed by atoms with Crippen LogP contribution in [0.25, 0.3) is 0 Å². The molecule has 7 atom stereocenters. The fraction of sp³-hybridized carbons (Fsp3) is 0.875. The van der Waals surface area contributed by atoms with Crippen LogP contribution in [0.2, 0.25) is 0 Å². The molecule has 182 valence electrons. The smallest absolute Gasteiger partial charge is 0.438 e. The highest BCUT2D eigenvalue weighted by Crippen LogP contribution is 2.60. The maximum absolute atomic E-state index is 13.5. The van der Waals surface area contributed by atoms with Crippen molar-refractivity contribution in [2.45, 2.75) is 42.7 Å². The molecule has 2 bridgehead atoms. The third-order valence-electron chi connectivity index (χ3n) is 6.27. The van der Waals surface area contributed by atoms with Crippen LogP contribution in [-0.2, 0) is 38.7 Å². The summed E-state index contributed by atoms with van der Waals surface area (Å²) < 4.78 is 131. The first-order chi connectivity index (χ1) is 14.6. The summed E-state index contributed by atoms with van der Waals surface area (Å²) in [5, 5.41) is 0. The summed E-state index contributed by atoms with van der Waals surface area (Å²) in [7, 11) is -5.92. The lowest BCUT2D eigenvalue weighted by Crippen LogP contribution is -2.64. The topological polar surface area (TPSA) is 129 Å². The molecule has 2 aliphatic heterocycles. The number of hydrogen-bond acceptors (Lipinski definition) is 8. The van der Waals surface area contributed by atoms with E-state index in [0.29, 0.717) is 6.61 Å². The van der Waals surface area contributed by atoms with Crippen LogP contribution in [0.5, 0.6) is 0 Å². The molecule has 0 aromatic rings. The predicted molar refractivity (Wildman–Crippen MR) is 85.3 cm³/mol. The number of alkyl halides is 6. The minimum Gasteiger partial charge on any atom is -0.459 e. The van der Waals surface area contributed by atoms with Gasteiger partial charge in [-0.1, -0.05) is 0 Å². The first-order valence-corrected chi connectivity index (χ1v) is 10.9. The fourth-order valence-electron chi connectivity index (χ4n) is 4.88. The summed E-state index contributed by atoms with van der Waals surface area (Å²) in [4.78, 5) is 24.9. The van der Waals surface area contributed by atoms with E-state index >= 15 is 0 Å². The van der Waals surface area contributed by atoms with Crippen LogP contribution in [0, 0.1) is 23.7 Å². The van der Waals surface area contributed by atoms with E-state index in [1.807, 2.05) is 0 Å². The molecule has 16 heteroatoms. The summed E-state index contributed by atoms with van der Waals surface area (Å²) in [5.41, 5.74) is -5.54. The van der Waals surface area contributed by atoms with Crippen molar-refractivity contribution in [2.24, 2.45) is 23.7 Å². The van der Waals surface area contributed by atoms with Crippen molar-refractivity contribution in [3.8, 4) is 0 Å². The molecule has 0 spiro atoms. The molecule has 2 saturated carbocycles. The van der Waals surface area contributed by atoms with E-state index in [1.54, 1.807) is 0 Å². The summed E-state index contributed by atoms with van der Waals surface area (Å²) >= 11 is 0. The normalized spacial score (nSPS) is 36.3. The maximum atomic E-state index is 13.5. The van der Waals surface area contributed by atoms with Gasteiger partial charge in [-0.3, -0.25) is 14.1 Å². The molecule has 0 radical (unpaired) electrons. The standard InChI is InChI=1S/C16H16F6O9S/c17-15(18,19)14(16(20,21)22,4-32(25,26)27)31-13(24)9-6-1-7-8(9)12(23)30-11(7)10(6)29-3-5-2-28-5/h5-11H,1-4H2,(H,25,26,27)/t5-,6?,7?,8?,9?,10?,11?/m1/s1. The molecular formula is C16H16F6O9S. The Bertz CT molecular complexity index is 898. The van der Waals surface area contributed by atoms with E-state index < -0.39 is 81.6 Å². The van der Waals surface area contributed by atoms with E-state index in [9.17, 15) is 44.3 Å². The minimum absolute atomic E-state index is 0.0200. The predicted octanol–water partition coefficient (Wildman–Crippen LogP) is 0.872. The van der Waals surface area contributed by atoms with Crippen LogP contribution in [-0.4, -0.2) is 80.1 Å². The van der Waals surface area contributed by atoms with Gasteiger partial charge in [-0.2, -0.15) is 34.8 Å². The lowest BCUT2D eigenvalue weighted by atomic mass is 9.78. The van der Waals surface area contributed by atoms with Crippen molar-refractivity contribution < 1.29 is 67.8 Å². The van der Waals surface area contributed by atoms with Crippen LogP contribution in [0.15, 0.2) is 0 Å². The summed E-state index contributed by atoms with van der Waals surface area (Å²) in [6.45, 7) is 0.404. The molecule has 0 amide bonds. The Labute approximate surface area is 176 Å². The molecule has 9 nitrogen and oxygen atoms in total. The molecule has 4 aliphatic rings. The third-order valence-corrected chi connectivity index (χ3v) is 7.04. The number of carbonyl (C=O) groups excluding carboxylic acids is 2. The summed E-state index contributed by atoms with van der Waals surface area (Å²) in [6, 6.07) is 0. The lowest BCUT2D eigenvalue weighted by Gasteiger charge is -2.38. The highest BCUT2D eigenvalue weighted by Gasteiger charge is 2.77. The second kappa shape index (κ2) is 7.17. The van der Waals surface area contributed by atoms with Crippen molar-refractivity contribution in [1.29, 1.82) is 0 Å². The van der Waals surface area contributed by atoms with Crippen LogP contribution >= 0.6 is 0 Å². The number of hydrogen-bond donors (Lipinski definition) is 1. The molecule has 0 aromatic heterocycles.